The van der Waals surface area contributed by atoms with Crippen molar-refractivity contribution in [3.8, 4) is 0 Å². The second-order valence-electron chi connectivity index (χ2n) is 3.69. The Morgan fingerprint density at radius 3 is 2.64 bits per heavy atom. The SMILES string of the molecule is NC1CCOCC1c1ccc(F)cc1. The molecule has 1 saturated heterocycles. The van der Waals surface area contributed by atoms with Crippen molar-refractivity contribution in [3.05, 3.63) is 35.6 Å². The highest BCUT2D eigenvalue weighted by Gasteiger charge is 2.23. The van der Waals surface area contributed by atoms with Gasteiger partial charge in [-0.1, -0.05) is 12.1 Å². The van der Waals surface area contributed by atoms with Gasteiger partial charge in [0.05, 0.1) is 6.61 Å². The highest BCUT2D eigenvalue weighted by atomic mass is 19.1. The van der Waals surface area contributed by atoms with Crippen molar-refractivity contribution < 1.29 is 9.13 Å². The van der Waals surface area contributed by atoms with Crippen LogP contribution in [0.1, 0.15) is 17.9 Å². The first-order chi connectivity index (χ1) is 6.77. The van der Waals surface area contributed by atoms with Crippen molar-refractivity contribution in [1.82, 2.24) is 0 Å². The van der Waals surface area contributed by atoms with Gasteiger partial charge in [-0.05, 0) is 24.1 Å². The van der Waals surface area contributed by atoms with Crippen LogP contribution in [0.2, 0.25) is 0 Å². The van der Waals surface area contributed by atoms with Gasteiger partial charge in [0.1, 0.15) is 5.82 Å². The number of hydrogen-bond acceptors (Lipinski definition) is 2. The van der Waals surface area contributed by atoms with Crippen molar-refractivity contribution in [2.75, 3.05) is 13.2 Å². The highest BCUT2D eigenvalue weighted by molar-refractivity contribution is 5.22. The molecule has 1 aliphatic rings. The topological polar surface area (TPSA) is 35.2 Å². The van der Waals surface area contributed by atoms with E-state index in [9.17, 15) is 4.39 Å². The van der Waals surface area contributed by atoms with E-state index < -0.39 is 0 Å². The molecule has 3 heteroatoms. The zero-order valence-electron chi connectivity index (χ0n) is 7.95. The summed E-state index contributed by atoms with van der Waals surface area (Å²) in [6.07, 6.45) is 0.877. The van der Waals surface area contributed by atoms with Crippen molar-refractivity contribution >= 4 is 0 Å². The molecule has 2 nitrogen and oxygen atoms in total. The average molecular weight is 195 g/mol. The molecule has 2 atom stereocenters. The molecule has 0 aromatic heterocycles. The van der Waals surface area contributed by atoms with Crippen LogP contribution >= 0.6 is 0 Å². The molecule has 0 amide bonds. The lowest BCUT2D eigenvalue weighted by molar-refractivity contribution is 0.0691. The normalized spacial score (nSPS) is 27.6. The molecule has 2 N–H and O–H groups in total. The maximum atomic E-state index is 12.7. The van der Waals surface area contributed by atoms with Gasteiger partial charge >= 0.3 is 0 Å². The Hall–Kier alpha value is -0.930. The van der Waals surface area contributed by atoms with Crippen LogP contribution in [0.3, 0.4) is 0 Å². The Balaban J connectivity index is 2.16. The molecule has 14 heavy (non-hydrogen) atoms. The zero-order valence-corrected chi connectivity index (χ0v) is 7.95. The fourth-order valence-electron chi connectivity index (χ4n) is 1.81. The minimum Gasteiger partial charge on any atom is -0.381 e. The molecule has 0 saturated carbocycles. The smallest absolute Gasteiger partial charge is 0.123 e. The van der Waals surface area contributed by atoms with Gasteiger partial charge in [0.25, 0.3) is 0 Å². The first kappa shape index (κ1) is 9.62. The molecule has 1 heterocycles. The Kier molecular flexibility index (Phi) is 2.79. The van der Waals surface area contributed by atoms with Crippen molar-refractivity contribution in [2.24, 2.45) is 5.73 Å². The number of halogens is 1. The van der Waals surface area contributed by atoms with Gasteiger partial charge in [-0.25, -0.2) is 4.39 Å². The van der Waals surface area contributed by atoms with E-state index in [0.717, 1.165) is 18.6 Å². The highest BCUT2D eigenvalue weighted by Crippen LogP contribution is 2.24. The van der Waals surface area contributed by atoms with E-state index in [1.54, 1.807) is 12.1 Å². The molecule has 0 spiro atoms. The maximum absolute atomic E-state index is 12.7. The standard InChI is InChI=1S/C11H14FNO/c12-9-3-1-8(2-4-9)10-7-14-6-5-11(10)13/h1-4,10-11H,5-7,13H2. The molecule has 1 aromatic carbocycles. The maximum Gasteiger partial charge on any atom is 0.123 e. The number of hydrogen-bond donors (Lipinski definition) is 1. The lowest BCUT2D eigenvalue weighted by Gasteiger charge is -2.28. The van der Waals surface area contributed by atoms with Gasteiger partial charge in [0, 0.05) is 18.6 Å². The van der Waals surface area contributed by atoms with Crippen molar-refractivity contribution in [3.63, 3.8) is 0 Å². The molecule has 76 valence electrons. The van der Waals surface area contributed by atoms with E-state index in [-0.39, 0.29) is 17.8 Å². The van der Waals surface area contributed by atoms with E-state index in [0.29, 0.717) is 6.61 Å². The molecule has 0 radical (unpaired) electrons. The minimum absolute atomic E-state index is 0.134. The van der Waals surface area contributed by atoms with Gasteiger partial charge < -0.3 is 10.5 Å². The van der Waals surface area contributed by atoms with Crippen LogP contribution in [0.4, 0.5) is 4.39 Å². The molecule has 2 rings (SSSR count). The fraction of sp³-hybridized carbons (Fsp3) is 0.455. The summed E-state index contributed by atoms with van der Waals surface area (Å²) in [4.78, 5) is 0. The summed E-state index contributed by atoms with van der Waals surface area (Å²) >= 11 is 0. The summed E-state index contributed by atoms with van der Waals surface area (Å²) in [6, 6.07) is 6.64. The van der Waals surface area contributed by atoms with E-state index in [1.165, 1.54) is 12.1 Å². The summed E-state index contributed by atoms with van der Waals surface area (Å²) in [5.74, 6) is 0.00315. The molecule has 1 aliphatic heterocycles. The third kappa shape index (κ3) is 1.94. The predicted octanol–water partition coefficient (Wildman–Crippen LogP) is 1.66. The van der Waals surface area contributed by atoms with E-state index >= 15 is 0 Å². The molecule has 1 fully saturated rings. The van der Waals surface area contributed by atoms with Crippen LogP contribution in [0.15, 0.2) is 24.3 Å². The van der Waals surface area contributed by atoms with Crippen LogP contribution in [0.5, 0.6) is 0 Å². The summed E-state index contributed by atoms with van der Waals surface area (Å²) in [5.41, 5.74) is 7.04. The Morgan fingerprint density at radius 2 is 2.00 bits per heavy atom. The van der Waals surface area contributed by atoms with E-state index in [2.05, 4.69) is 0 Å². The molecular weight excluding hydrogens is 181 g/mol. The number of nitrogens with two attached hydrogens (primary N) is 1. The van der Waals surface area contributed by atoms with Crippen LogP contribution in [-0.4, -0.2) is 19.3 Å². The predicted molar refractivity (Wildman–Crippen MR) is 52.6 cm³/mol. The molecular formula is C11H14FNO. The summed E-state index contributed by atoms with van der Waals surface area (Å²) in [5, 5.41) is 0. The second-order valence-corrected chi connectivity index (χ2v) is 3.69. The van der Waals surface area contributed by atoms with Crippen LogP contribution in [0.25, 0.3) is 0 Å². The van der Waals surface area contributed by atoms with Gasteiger partial charge in [-0.3, -0.25) is 0 Å². The van der Waals surface area contributed by atoms with Gasteiger partial charge in [0.2, 0.25) is 0 Å². The molecule has 0 bridgehead atoms. The van der Waals surface area contributed by atoms with E-state index in [1.807, 2.05) is 0 Å². The summed E-state index contributed by atoms with van der Waals surface area (Å²) in [7, 11) is 0. The monoisotopic (exact) mass is 195 g/mol. The lowest BCUT2D eigenvalue weighted by atomic mass is 9.89. The zero-order chi connectivity index (χ0) is 9.97. The van der Waals surface area contributed by atoms with E-state index in [4.69, 9.17) is 10.5 Å². The average Bonchev–Trinajstić information content (AvgIpc) is 2.20. The van der Waals surface area contributed by atoms with Crippen LogP contribution in [-0.2, 0) is 4.74 Å². The van der Waals surface area contributed by atoms with Crippen LogP contribution in [0, 0.1) is 5.82 Å². The van der Waals surface area contributed by atoms with Crippen molar-refractivity contribution in [2.45, 2.75) is 18.4 Å². The third-order valence-electron chi connectivity index (χ3n) is 2.71. The first-order valence-electron chi connectivity index (χ1n) is 4.86. The lowest BCUT2D eigenvalue weighted by Crippen LogP contribution is -2.36. The Labute approximate surface area is 82.9 Å². The molecule has 2 unspecified atom stereocenters. The Morgan fingerprint density at radius 1 is 1.29 bits per heavy atom. The third-order valence-corrected chi connectivity index (χ3v) is 2.71. The molecule has 1 aromatic rings. The van der Waals surface area contributed by atoms with Gasteiger partial charge in [-0.2, -0.15) is 0 Å². The van der Waals surface area contributed by atoms with Crippen molar-refractivity contribution in [1.29, 1.82) is 0 Å². The number of rotatable bonds is 1. The quantitative estimate of drug-likeness (QED) is 0.739. The van der Waals surface area contributed by atoms with Crippen LogP contribution < -0.4 is 5.73 Å². The minimum atomic E-state index is -0.209. The second kappa shape index (κ2) is 4.07. The molecule has 0 aliphatic carbocycles. The summed E-state index contributed by atoms with van der Waals surface area (Å²) < 4.78 is 18.1. The fourth-order valence-corrected chi connectivity index (χ4v) is 1.81. The largest absolute Gasteiger partial charge is 0.381 e. The van der Waals surface area contributed by atoms with Gasteiger partial charge in [0.15, 0.2) is 0 Å². The number of benzene rings is 1. The number of ether oxygens (including phenoxy) is 1. The summed E-state index contributed by atoms with van der Waals surface area (Å²) in [6.45, 7) is 1.38. The van der Waals surface area contributed by atoms with Gasteiger partial charge in [-0.15, -0.1) is 0 Å². The Bertz CT molecular complexity index is 299. The first-order valence-corrected chi connectivity index (χ1v) is 4.86.